The summed E-state index contributed by atoms with van der Waals surface area (Å²) in [6.45, 7) is 6.30. The van der Waals surface area contributed by atoms with Crippen molar-refractivity contribution in [2.75, 3.05) is 18.5 Å². The topological polar surface area (TPSA) is 43.3 Å². The molecular formula is C23H26N2O2. The third kappa shape index (κ3) is 3.50. The maximum absolute atomic E-state index is 12.2. The molecule has 0 saturated carbocycles. The normalized spacial score (nSPS) is 16.8. The molecule has 2 aromatic carbocycles. The molecule has 1 aliphatic rings. The molecule has 0 amide bonds. The molecule has 3 aromatic rings. The molecule has 1 aromatic heterocycles. The zero-order valence-corrected chi connectivity index (χ0v) is 16.0. The number of ether oxygens (including phenoxy) is 1. The van der Waals surface area contributed by atoms with E-state index in [4.69, 9.17) is 4.74 Å². The predicted molar refractivity (Wildman–Crippen MR) is 110 cm³/mol. The number of carbonyl (C=O) groups is 1. The minimum Gasteiger partial charge on any atom is -0.381 e. The molecule has 0 bridgehead atoms. The number of hydrogen-bond donors (Lipinski definition) is 1. The molecule has 2 heterocycles. The van der Waals surface area contributed by atoms with Crippen LogP contribution in [0.15, 0.2) is 48.5 Å². The Labute approximate surface area is 160 Å². The summed E-state index contributed by atoms with van der Waals surface area (Å²) in [5.74, 6) is 0.294. The Hall–Kier alpha value is -2.59. The molecule has 0 saturated heterocycles. The third-order valence-electron chi connectivity index (χ3n) is 5.21. The van der Waals surface area contributed by atoms with E-state index in [1.54, 1.807) is 0 Å². The molecule has 4 nitrogen and oxygen atoms in total. The number of fused-ring (bicyclic) bond motifs is 2. The summed E-state index contributed by atoms with van der Waals surface area (Å²) in [6, 6.07) is 17.1. The van der Waals surface area contributed by atoms with Crippen molar-refractivity contribution in [1.29, 1.82) is 0 Å². The van der Waals surface area contributed by atoms with Gasteiger partial charge in [0.15, 0.2) is 0 Å². The fourth-order valence-corrected chi connectivity index (χ4v) is 4.03. The average molecular weight is 362 g/mol. The number of para-hydroxylation sites is 2. The standard InChI is InChI=1S/C23H26N2O2/c1-3-27-12-11-25-21-10-5-4-7-17(21)15-22(25)20-9-6-8-18-14-19(26)13-16(2)24-23(18)20/h4-10,15-16,24H,3,11-14H2,1-2H3/t16-/m1/s1. The predicted octanol–water partition coefficient (Wildman–Crippen LogP) is 4.66. The van der Waals surface area contributed by atoms with Crippen LogP contribution in [-0.2, 0) is 22.5 Å². The molecule has 1 atom stereocenters. The third-order valence-corrected chi connectivity index (χ3v) is 5.21. The Morgan fingerprint density at radius 3 is 2.89 bits per heavy atom. The van der Waals surface area contributed by atoms with Crippen LogP contribution >= 0.6 is 0 Å². The Morgan fingerprint density at radius 2 is 2.04 bits per heavy atom. The molecule has 140 valence electrons. The number of hydrogen-bond acceptors (Lipinski definition) is 3. The molecule has 0 radical (unpaired) electrons. The van der Waals surface area contributed by atoms with Crippen LogP contribution in [0.3, 0.4) is 0 Å². The van der Waals surface area contributed by atoms with Gasteiger partial charge in [0, 0.05) is 54.2 Å². The van der Waals surface area contributed by atoms with Crippen molar-refractivity contribution in [2.45, 2.75) is 39.3 Å². The van der Waals surface area contributed by atoms with Crippen molar-refractivity contribution in [3.63, 3.8) is 0 Å². The van der Waals surface area contributed by atoms with Crippen molar-refractivity contribution in [2.24, 2.45) is 0 Å². The zero-order chi connectivity index (χ0) is 18.8. The molecule has 1 N–H and O–H groups in total. The number of benzene rings is 2. The number of carbonyl (C=O) groups excluding carboxylic acids is 1. The number of anilines is 1. The van der Waals surface area contributed by atoms with Crippen LogP contribution < -0.4 is 5.32 Å². The lowest BCUT2D eigenvalue weighted by Crippen LogP contribution is -2.17. The first kappa shape index (κ1) is 17.8. The van der Waals surface area contributed by atoms with Gasteiger partial charge in [0.2, 0.25) is 0 Å². The molecule has 0 unspecified atom stereocenters. The Kier molecular flexibility index (Phi) is 4.99. The monoisotopic (exact) mass is 362 g/mol. The van der Waals surface area contributed by atoms with Crippen molar-refractivity contribution in [3.8, 4) is 11.3 Å². The maximum Gasteiger partial charge on any atom is 0.139 e. The molecule has 27 heavy (non-hydrogen) atoms. The smallest absolute Gasteiger partial charge is 0.139 e. The summed E-state index contributed by atoms with van der Waals surface area (Å²) in [6.07, 6.45) is 1.07. The van der Waals surface area contributed by atoms with E-state index in [1.807, 2.05) is 6.92 Å². The second-order valence-corrected chi connectivity index (χ2v) is 7.24. The number of nitrogens with one attached hydrogen (secondary N) is 1. The van der Waals surface area contributed by atoms with Crippen LogP contribution in [-0.4, -0.2) is 29.6 Å². The Bertz CT molecular complexity index is 974. The lowest BCUT2D eigenvalue weighted by molar-refractivity contribution is -0.118. The van der Waals surface area contributed by atoms with E-state index in [2.05, 4.69) is 65.3 Å². The van der Waals surface area contributed by atoms with Crippen molar-refractivity contribution >= 4 is 22.4 Å². The van der Waals surface area contributed by atoms with Gasteiger partial charge in [-0.1, -0.05) is 36.4 Å². The van der Waals surface area contributed by atoms with E-state index >= 15 is 0 Å². The van der Waals surface area contributed by atoms with Crippen LogP contribution in [0.25, 0.3) is 22.2 Å². The molecule has 0 fully saturated rings. The first-order chi connectivity index (χ1) is 13.2. The number of rotatable bonds is 5. The van der Waals surface area contributed by atoms with Gasteiger partial charge in [0.05, 0.1) is 12.3 Å². The molecule has 0 spiro atoms. The van der Waals surface area contributed by atoms with Crippen LogP contribution in [0, 0.1) is 0 Å². The summed E-state index contributed by atoms with van der Waals surface area (Å²) in [5, 5.41) is 4.81. The summed E-state index contributed by atoms with van der Waals surface area (Å²) in [7, 11) is 0. The quantitative estimate of drug-likeness (QED) is 0.671. The highest BCUT2D eigenvalue weighted by Crippen LogP contribution is 2.37. The van der Waals surface area contributed by atoms with Crippen LogP contribution in [0.5, 0.6) is 0 Å². The summed E-state index contributed by atoms with van der Waals surface area (Å²) in [5.41, 5.74) is 5.71. The van der Waals surface area contributed by atoms with Crippen molar-refractivity contribution < 1.29 is 9.53 Å². The number of Topliss-reactive ketones (excluding diaryl/α,β-unsaturated/α-hetero) is 1. The summed E-state index contributed by atoms with van der Waals surface area (Å²) < 4.78 is 7.96. The fourth-order valence-electron chi connectivity index (χ4n) is 4.03. The van der Waals surface area contributed by atoms with E-state index in [-0.39, 0.29) is 6.04 Å². The average Bonchev–Trinajstić information content (AvgIpc) is 2.93. The van der Waals surface area contributed by atoms with Gasteiger partial charge < -0.3 is 14.6 Å². The van der Waals surface area contributed by atoms with E-state index in [0.29, 0.717) is 25.2 Å². The maximum atomic E-state index is 12.2. The van der Waals surface area contributed by atoms with Gasteiger partial charge in [0.1, 0.15) is 5.78 Å². The van der Waals surface area contributed by atoms with Crippen LogP contribution in [0.1, 0.15) is 25.8 Å². The first-order valence-electron chi connectivity index (χ1n) is 9.74. The van der Waals surface area contributed by atoms with E-state index < -0.39 is 0 Å². The minimum atomic E-state index is 0.140. The largest absolute Gasteiger partial charge is 0.381 e. The lowest BCUT2D eigenvalue weighted by Gasteiger charge is -2.19. The Morgan fingerprint density at radius 1 is 1.19 bits per heavy atom. The fraction of sp³-hybridized carbons (Fsp3) is 0.348. The van der Waals surface area contributed by atoms with Gasteiger partial charge in [-0.3, -0.25) is 4.79 Å². The molecule has 1 aliphatic heterocycles. The number of nitrogens with zero attached hydrogens (tertiary/aromatic N) is 1. The highest BCUT2D eigenvalue weighted by Gasteiger charge is 2.22. The highest BCUT2D eigenvalue weighted by atomic mass is 16.5. The van der Waals surface area contributed by atoms with E-state index in [1.165, 1.54) is 16.6 Å². The highest BCUT2D eigenvalue weighted by molar-refractivity contribution is 5.93. The second-order valence-electron chi connectivity index (χ2n) is 7.24. The second kappa shape index (κ2) is 7.57. The minimum absolute atomic E-state index is 0.140. The molecular weight excluding hydrogens is 336 g/mol. The van der Waals surface area contributed by atoms with Gasteiger partial charge in [-0.2, -0.15) is 0 Å². The van der Waals surface area contributed by atoms with Gasteiger partial charge >= 0.3 is 0 Å². The summed E-state index contributed by atoms with van der Waals surface area (Å²) in [4.78, 5) is 12.2. The van der Waals surface area contributed by atoms with E-state index in [0.717, 1.165) is 30.0 Å². The number of aromatic nitrogens is 1. The van der Waals surface area contributed by atoms with Gasteiger partial charge in [-0.05, 0) is 31.5 Å². The van der Waals surface area contributed by atoms with Gasteiger partial charge in [-0.25, -0.2) is 0 Å². The molecule has 4 heteroatoms. The van der Waals surface area contributed by atoms with Crippen LogP contribution in [0.4, 0.5) is 5.69 Å². The van der Waals surface area contributed by atoms with Gasteiger partial charge in [0.25, 0.3) is 0 Å². The van der Waals surface area contributed by atoms with E-state index in [9.17, 15) is 4.79 Å². The molecule has 0 aliphatic carbocycles. The van der Waals surface area contributed by atoms with Crippen molar-refractivity contribution in [3.05, 3.63) is 54.1 Å². The van der Waals surface area contributed by atoms with Crippen LogP contribution in [0.2, 0.25) is 0 Å². The first-order valence-corrected chi connectivity index (χ1v) is 9.74. The van der Waals surface area contributed by atoms with Crippen molar-refractivity contribution in [1.82, 2.24) is 4.57 Å². The summed E-state index contributed by atoms with van der Waals surface area (Å²) >= 11 is 0. The number of ketones is 1. The zero-order valence-electron chi connectivity index (χ0n) is 16.0. The lowest BCUT2D eigenvalue weighted by atomic mass is 10.0. The molecule has 4 rings (SSSR count). The Balaban J connectivity index is 1.86. The SMILES string of the molecule is CCOCCn1c(-c2cccc3c2N[C@H](C)CC(=O)C3)cc2ccccc21. The van der Waals surface area contributed by atoms with Gasteiger partial charge in [-0.15, -0.1) is 0 Å².